The zero-order chi connectivity index (χ0) is 10.6. The largest absolute Gasteiger partial charge is 0.480 e. The topological polar surface area (TPSA) is 67.8 Å². The average Bonchev–Trinajstić information content (AvgIpc) is 2.53. The molecular weight excluding hydrogens is 186 g/mol. The quantitative estimate of drug-likeness (QED) is 0.625. The molecule has 1 heterocycles. The Morgan fingerprint density at radius 2 is 2.43 bits per heavy atom. The normalized spacial score (nSPS) is 29.0. The van der Waals surface area contributed by atoms with Crippen LogP contribution in [0.15, 0.2) is 0 Å². The molecule has 0 bridgehead atoms. The number of hydrogen-bond acceptors (Lipinski definition) is 4. The number of hydrogen-bond donors (Lipinski definition) is 2. The lowest BCUT2D eigenvalue weighted by Crippen LogP contribution is -2.30. The van der Waals surface area contributed by atoms with Crippen LogP contribution in [0.1, 0.15) is 20.3 Å². The third kappa shape index (κ3) is 3.25. The first kappa shape index (κ1) is 11.4. The molecule has 0 aromatic rings. The number of aliphatic carboxylic acids is 1. The fourth-order valence-electron chi connectivity index (χ4n) is 1.54. The first-order valence-electron chi connectivity index (χ1n) is 4.86. The minimum absolute atomic E-state index is 0.0577. The first-order valence-corrected chi connectivity index (χ1v) is 4.86. The number of carboxylic acid groups (broad SMARTS) is 1. The SMILES string of the molecule is CCOC(C)OC1CN[C@H](C(=O)O)C1. The van der Waals surface area contributed by atoms with Crippen molar-refractivity contribution in [1.29, 1.82) is 0 Å². The number of carboxylic acids is 1. The van der Waals surface area contributed by atoms with Crippen LogP contribution in [0.5, 0.6) is 0 Å². The molecule has 1 aliphatic heterocycles. The van der Waals surface area contributed by atoms with E-state index >= 15 is 0 Å². The van der Waals surface area contributed by atoms with Gasteiger partial charge in [0.15, 0.2) is 6.29 Å². The number of carbonyl (C=O) groups is 1. The Bertz CT molecular complexity index is 197. The molecule has 0 amide bonds. The highest BCUT2D eigenvalue weighted by atomic mass is 16.7. The third-order valence-corrected chi connectivity index (χ3v) is 2.17. The fraction of sp³-hybridized carbons (Fsp3) is 0.889. The van der Waals surface area contributed by atoms with Crippen molar-refractivity contribution >= 4 is 5.97 Å². The molecule has 2 unspecified atom stereocenters. The van der Waals surface area contributed by atoms with E-state index in [1.165, 1.54) is 0 Å². The molecule has 0 aromatic carbocycles. The summed E-state index contributed by atoms with van der Waals surface area (Å²) in [6.45, 7) is 4.89. The molecule has 1 aliphatic rings. The number of ether oxygens (including phenoxy) is 2. The van der Waals surface area contributed by atoms with Crippen molar-refractivity contribution in [1.82, 2.24) is 5.32 Å². The maximum Gasteiger partial charge on any atom is 0.320 e. The van der Waals surface area contributed by atoms with E-state index in [0.717, 1.165) is 0 Å². The van der Waals surface area contributed by atoms with Crippen LogP contribution in [-0.4, -0.2) is 42.7 Å². The van der Waals surface area contributed by atoms with E-state index in [1.54, 1.807) is 0 Å². The highest BCUT2D eigenvalue weighted by molar-refractivity contribution is 5.73. The molecule has 1 saturated heterocycles. The minimum atomic E-state index is -0.819. The third-order valence-electron chi connectivity index (χ3n) is 2.17. The van der Waals surface area contributed by atoms with E-state index in [2.05, 4.69) is 5.32 Å². The molecular formula is C9H17NO4. The summed E-state index contributed by atoms with van der Waals surface area (Å²) >= 11 is 0. The van der Waals surface area contributed by atoms with Crippen molar-refractivity contribution in [2.75, 3.05) is 13.2 Å². The van der Waals surface area contributed by atoms with Crippen LogP contribution in [-0.2, 0) is 14.3 Å². The van der Waals surface area contributed by atoms with Crippen LogP contribution >= 0.6 is 0 Å². The monoisotopic (exact) mass is 203 g/mol. The Morgan fingerprint density at radius 3 is 2.93 bits per heavy atom. The van der Waals surface area contributed by atoms with Crippen molar-refractivity contribution in [3.8, 4) is 0 Å². The molecule has 3 atom stereocenters. The van der Waals surface area contributed by atoms with Crippen LogP contribution < -0.4 is 5.32 Å². The van der Waals surface area contributed by atoms with Gasteiger partial charge in [-0.2, -0.15) is 0 Å². The maximum atomic E-state index is 10.6. The molecule has 82 valence electrons. The van der Waals surface area contributed by atoms with Gasteiger partial charge in [-0.25, -0.2) is 0 Å². The van der Waals surface area contributed by atoms with Crippen molar-refractivity contribution in [2.45, 2.75) is 38.7 Å². The van der Waals surface area contributed by atoms with Gasteiger partial charge >= 0.3 is 5.97 Å². The molecule has 2 N–H and O–H groups in total. The summed E-state index contributed by atoms with van der Waals surface area (Å²) in [5, 5.41) is 11.6. The average molecular weight is 203 g/mol. The summed E-state index contributed by atoms with van der Waals surface area (Å²) in [4.78, 5) is 10.6. The summed E-state index contributed by atoms with van der Waals surface area (Å²) in [5.41, 5.74) is 0. The van der Waals surface area contributed by atoms with Gasteiger partial charge in [0.2, 0.25) is 0 Å². The predicted octanol–water partition coefficient (Wildman–Crippen LogP) is 0.201. The van der Waals surface area contributed by atoms with Gasteiger partial charge in [-0.3, -0.25) is 4.79 Å². The Morgan fingerprint density at radius 1 is 1.71 bits per heavy atom. The van der Waals surface area contributed by atoms with Gasteiger partial charge in [0.25, 0.3) is 0 Å². The standard InChI is InChI=1S/C9H17NO4/c1-3-13-6(2)14-7-4-8(9(11)12)10-5-7/h6-8,10H,3-5H2,1-2H3,(H,11,12)/t6?,7?,8-/m0/s1. The van der Waals surface area contributed by atoms with Crippen molar-refractivity contribution in [3.05, 3.63) is 0 Å². The molecule has 0 aromatic heterocycles. The molecule has 0 saturated carbocycles. The lowest BCUT2D eigenvalue weighted by molar-refractivity contribution is -0.154. The van der Waals surface area contributed by atoms with E-state index in [9.17, 15) is 4.79 Å². The smallest absolute Gasteiger partial charge is 0.320 e. The number of nitrogens with one attached hydrogen (secondary N) is 1. The van der Waals surface area contributed by atoms with Crippen LogP contribution in [0, 0.1) is 0 Å². The maximum absolute atomic E-state index is 10.6. The highest BCUT2D eigenvalue weighted by Gasteiger charge is 2.30. The molecule has 1 rings (SSSR count). The highest BCUT2D eigenvalue weighted by Crippen LogP contribution is 2.12. The van der Waals surface area contributed by atoms with Crippen LogP contribution in [0.4, 0.5) is 0 Å². The van der Waals surface area contributed by atoms with Crippen molar-refractivity contribution in [3.63, 3.8) is 0 Å². The van der Waals surface area contributed by atoms with E-state index in [0.29, 0.717) is 19.6 Å². The molecule has 1 fully saturated rings. The van der Waals surface area contributed by atoms with E-state index in [4.69, 9.17) is 14.6 Å². The van der Waals surface area contributed by atoms with E-state index in [1.807, 2.05) is 13.8 Å². The van der Waals surface area contributed by atoms with Gasteiger partial charge in [0.1, 0.15) is 6.04 Å². The van der Waals surface area contributed by atoms with Crippen molar-refractivity contribution < 1.29 is 19.4 Å². The Balaban J connectivity index is 2.25. The number of rotatable bonds is 5. The molecule has 0 spiro atoms. The van der Waals surface area contributed by atoms with Crippen LogP contribution in [0.3, 0.4) is 0 Å². The second-order valence-electron chi connectivity index (χ2n) is 3.32. The van der Waals surface area contributed by atoms with Gasteiger partial charge in [-0.15, -0.1) is 0 Å². The minimum Gasteiger partial charge on any atom is -0.480 e. The van der Waals surface area contributed by atoms with E-state index in [-0.39, 0.29) is 12.4 Å². The summed E-state index contributed by atoms with van der Waals surface area (Å²) in [6.07, 6.45) is 0.184. The first-order chi connectivity index (χ1) is 6.63. The fourth-order valence-corrected chi connectivity index (χ4v) is 1.54. The Hall–Kier alpha value is -0.650. The lowest BCUT2D eigenvalue weighted by atomic mass is 10.2. The van der Waals surface area contributed by atoms with Gasteiger partial charge in [-0.05, 0) is 13.8 Å². The predicted molar refractivity (Wildman–Crippen MR) is 50.0 cm³/mol. The zero-order valence-corrected chi connectivity index (χ0v) is 8.53. The Labute approximate surface area is 83.4 Å². The van der Waals surface area contributed by atoms with Gasteiger partial charge < -0.3 is 19.9 Å². The van der Waals surface area contributed by atoms with Gasteiger partial charge in [0, 0.05) is 19.6 Å². The Kier molecular flexibility index (Phi) is 4.31. The zero-order valence-electron chi connectivity index (χ0n) is 8.53. The molecule has 5 heteroatoms. The molecule has 14 heavy (non-hydrogen) atoms. The second-order valence-corrected chi connectivity index (χ2v) is 3.32. The van der Waals surface area contributed by atoms with E-state index < -0.39 is 12.0 Å². The summed E-state index contributed by atoms with van der Waals surface area (Å²) in [6, 6.07) is -0.478. The molecule has 0 aliphatic carbocycles. The summed E-state index contributed by atoms with van der Waals surface area (Å²) < 4.78 is 10.7. The lowest BCUT2D eigenvalue weighted by Gasteiger charge is -2.17. The summed E-state index contributed by atoms with van der Waals surface area (Å²) in [7, 11) is 0. The van der Waals surface area contributed by atoms with Crippen molar-refractivity contribution in [2.24, 2.45) is 0 Å². The van der Waals surface area contributed by atoms with Crippen LogP contribution in [0.2, 0.25) is 0 Å². The summed E-state index contributed by atoms with van der Waals surface area (Å²) in [5.74, 6) is -0.819. The molecule has 5 nitrogen and oxygen atoms in total. The molecule has 0 radical (unpaired) electrons. The van der Waals surface area contributed by atoms with Gasteiger partial charge in [0.05, 0.1) is 6.10 Å². The second kappa shape index (κ2) is 5.29. The van der Waals surface area contributed by atoms with Gasteiger partial charge in [-0.1, -0.05) is 0 Å². The van der Waals surface area contributed by atoms with Crippen LogP contribution in [0.25, 0.3) is 0 Å².